The fourth-order valence-electron chi connectivity index (χ4n) is 6.32. The maximum absolute atomic E-state index is 14.1. The predicted octanol–water partition coefficient (Wildman–Crippen LogP) is 10.2. The van der Waals surface area contributed by atoms with Crippen LogP contribution in [-0.4, -0.2) is 25.7 Å². The van der Waals surface area contributed by atoms with Gasteiger partial charge in [-0.05, 0) is 78.0 Å². The second-order valence-electron chi connectivity index (χ2n) is 15.6. The highest BCUT2D eigenvalue weighted by Gasteiger charge is 2.62. The number of esters is 1. The SMILES string of the molecule is CCCCCCCNCCCOC(=O)C(C)(C(C)(C)C)C(C)(C)C(C)(C)C(CC(C)(C)C)c1ccc(CS)cc1. The summed E-state index contributed by atoms with van der Waals surface area (Å²) in [4.78, 5) is 14.1. The standard InChI is InChI=1S/C36H65NO2S/c1-13-14-15-16-17-23-37-24-18-25-39-31(38)36(12,33(5,6)7)35(10,11)34(8,9)30(26-32(2,3)4)29-21-19-28(27-40)20-22-29/h19-22,30,37,40H,13-18,23-27H2,1-12H3. The lowest BCUT2D eigenvalue weighted by molar-refractivity contribution is -0.187. The molecule has 40 heavy (non-hydrogen) atoms. The number of rotatable bonds is 17. The minimum absolute atomic E-state index is 0.0717. The average Bonchev–Trinajstić information content (AvgIpc) is 2.86. The summed E-state index contributed by atoms with van der Waals surface area (Å²) in [6, 6.07) is 8.97. The van der Waals surface area contributed by atoms with Crippen LogP contribution in [0.15, 0.2) is 24.3 Å². The summed E-state index contributed by atoms with van der Waals surface area (Å²) < 4.78 is 6.10. The Labute approximate surface area is 254 Å². The van der Waals surface area contributed by atoms with Crippen molar-refractivity contribution in [3.05, 3.63) is 35.4 Å². The largest absolute Gasteiger partial charge is 0.465 e. The lowest BCUT2D eigenvalue weighted by Gasteiger charge is -2.60. The van der Waals surface area contributed by atoms with Gasteiger partial charge in [0.1, 0.15) is 0 Å². The van der Waals surface area contributed by atoms with Crippen LogP contribution in [-0.2, 0) is 15.3 Å². The first-order valence-corrected chi connectivity index (χ1v) is 16.6. The van der Waals surface area contributed by atoms with E-state index in [4.69, 9.17) is 4.74 Å². The van der Waals surface area contributed by atoms with Crippen molar-refractivity contribution in [1.29, 1.82) is 0 Å². The molecule has 232 valence electrons. The van der Waals surface area contributed by atoms with E-state index in [0.29, 0.717) is 6.61 Å². The van der Waals surface area contributed by atoms with Crippen molar-refractivity contribution in [1.82, 2.24) is 5.32 Å². The summed E-state index contributed by atoms with van der Waals surface area (Å²) in [5.41, 5.74) is 1.15. The van der Waals surface area contributed by atoms with Gasteiger partial charge >= 0.3 is 5.97 Å². The molecular weight excluding hydrogens is 510 g/mol. The van der Waals surface area contributed by atoms with Gasteiger partial charge in [-0.25, -0.2) is 0 Å². The molecule has 0 amide bonds. The van der Waals surface area contributed by atoms with Gasteiger partial charge < -0.3 is 10.1 Å². The normalized spacial score (nSPS) is 15.5. The molecule has 2 atom stereocenters. The van der Waals surface area contributed by atoms with Gasteiger partial charge in [-0.3, -0.25) is 4.79 Å². The smallest absolute Gasteiger partial charge is 0.312 e. The molecule has 0 aliphatic rings. The zero-order chi connectivity index (χ0) is 30.8. The van der Waals surface area contributed by atoms with E-state index in [-0.39, 0.29) is 33.5 Å². The summed E-state index contributed by atoms with van der Waals surface area (Å²) in [6.07, 6.45) is 8.32. The van der Waals surface area contributed by atoms with Gasteiger partial charge in [-0.15, -0.1) is 0 Å². The molecule has 1 aromatic carbocycles. The molecule has 1 rings (SSSR count). The molecule has 1 N–H and O–H groups in total. The summed E-state index contributed by atoms with van der Waals surface area (Å²) in [6.45, 7) is 29.7. The zero-order valence-corrected chi connectivity index (χ0v) is 29.3. The number of nitrogens with one attached hydrogen (secondary N) is 1. The summed E-state index contributed by atoms with van der Waals surface area (Å²) in [5, 5.41) is 3.53. The molecule has 0 saturated heterocycles. The Kier molecular flexibility index (Phi) is 14.3. The number of ether oxygens (including phenoxy) is 1. The van der Waals surface area contributed by atoms with Crippen LogP contribution in [0.2, 0.25) is 0 Å². The third-order valence-corrected chi connectivity index (χ3v) is 10.6. The van der Waals surface area contributed by atoms with Crippen molar-refractivity contribution in [3.8, 4) is 0 Å². The van der Waals surface area contributed by atoms with Gasteiger partial charge in [0.25, 0.3) is 0 Å². The lowest BCUT2D eigenvalue weighted by Crippen LogP contribution is -2.59. The molecule has 2 unspecified atom stereocenters. The third-order valence-electron chi connectivity index (χ3n) is 10.2. The molecule has 0 radical (unpaired) electrons. The number of thiol groups is 1. The van der Waals surface area contributed by atoms with Gasteiger partial charge in [0.15, 0.2) is 0 Å². The molecule has 0 spiro atoms. The van der Waals surface area contributed by atoms with Crippen LogP contribution in [0.3, 0.4) is 0 Å². The van der Waals surface area contributed by atoms with Crippen LogP contribution in [0.5, 0.6) is 0 Å². The van der Waals surface area contributed by atoms with Gasteiger partial charge in [-0.1, -0.05) is 126 Å². The maximum atomic E-state index is 14.1. The topological polar surface area (TPSA) is 38.3 Å². The molecule has 0 aliphatic heterocycles. The van der Waals surface area contributed by atoms with E-state index in [9.17, 15) is 4.79 Å². The van der Waals surface area contributed by atoms with Crippen LogP contribution in [0.1, 0.15) is 145 Å². The average molecular weight is 576 g/mol. The van der Waals surface area contributed by atoms with Gasteiger partial charge in [-0.2, -0.15) is 12.6 Å². The van der Waals surface area contributed by atoms with Crippen LogP contribution in [0.25, 0.3) is 0 Å². The summed E-state index contributed by atoms with van der Waals surface area (Å²) in [5.74, 6) is 0.937. The van der Waals surface area contributed by atoms with Crippen molar-refractivity contribution in [2.24, 2.45) is 27.1 Å². The van der Waals surface area contributed by atoms with Crippen molar-refractivity contribution in [3.63, 3.8) is 0 Å². The molecule has 0 aliphatic carbocycles. The van der Waals surface area contributed by atoms with Gasteiger partial charge in [0, 0.05) is 5.75 Å². The fourth-order valence-corrected chi connectivity index (χ4v) is 6.53. The van der Waals surface area contributed by atoms with E-state index in [2.05, 4.69) is 125 Å². The molecule has 0 fully saturated rings. The molecule has 0 aromatic heterocycles. The van der Waals surface area contributed by atoms with Crippen molar-refractivity contribution in [2.75, 3.05) is 19.7 Å². The van der Waals surface area contributed by atoms with Crippen LogP contribution in [0, 0.1) is 27.1 Å². The van der Waals surface area contributed by atoms with Crippen molar-refractivity contribution in [2.45, 2.75) is 140 Å². The summed E-state index contributed by atoms with van der Waals surface area (Å²) >= 11 is 4.47. The van der Waals surface area contributed by atoms with Crippen molar-refractivity contribution >= 4 is 18.6 Å². The van der Waals surface area contributed by atoms with E-state index in [1.807, 2.05) is 0 Å². The van der Waals surface area contributed by atoms with E-state index in [0.717, 1.165) is 31.7 Å². The molecule has 0 bridgehead atoms. The third kappa shape index (κ3) is 9.51. The number of carbonyl (C=O) groups is 1. The number of hydrogen-bond acceptors (Lipinski definition) is 4. The minimum Gasteiger partial charge on any atom is -0.465 e. The van der Waals surface area contributed by atoms with Gasteiger partial charge in [0.2, 0.25) is 0 Å². The van der Waals surface area contributed by atoms with E-state index in [1.165, 1.54) is 43.2 Å². The summed E-state index contributed by atoms with van der Waals surface area (Å²) in [7, 11) is 0. The molecule has 1 aromatic rings. The van der Waals surface area contributed by atoms with E-state index in [1.54, 1.807) is 0 Å². The molecular formula is C36H65NO2S. The highest BCUT2D eigenvalue weighted by Crippen LogP contribution is 2.64. The number of hydrogen-bond donors (Lipinski definition) is 2. The molecule has 4 heteroatoms. The Hall–Kier alpha value is -1.00. The highest BCUT2D eigenvalue weighted by molar-refractivity contribution is 7.79. The quantitative estimate of drug-likeness (QED) is 0.110. The number of unbranched alkanes of at least 4 members (excludes halogenated alkanes) is 4. The molecule has 0 saturated carbocycles. The van der Waals surface area contributed by atoms with Crippen molar-refractivity contribution < 1.29 is 9.53 Å². The first kappa shape index (κ1) is 37.0. The number of carbonyl (C=O) groups excluding carboxylic acids is 1. The Morgan fingerprint density at radius 3 is 1.88 bits per heavy atom. The zero-order valence-electron chi connectivity index (χ0n) is 28.4. The first-order valence-electron chi connectivity index (χ1n) is 15.9. The Balaban J connectivity index is 3.16. The van der Waals surface area contributed by atoms with Crippen LogP contribution >= 0.6 is 12.6 Å². The Bertz CT molecular complexity index is 876. The predicted molar refractivity (Wildman–Crippen MR) is 178 cm³/mol. The fraction of sp³-hybridized carbons (Fsp3) is 0.806. The Morgan fingerprint density at radius 2 is 1.38 bits per heavy atom. The number of benzene rings is 1. The van der Waals surface area contributed by atoms with Crippen LogP contribution in [0.4, 0.5) is 0 Å². The van der Waals surface area contributed by atoms with Crippen LogP contribution < -0.4 is 5.32 Å². The molecule has 3 nitrogen and oxygen atoms in total. The lowest BCUT2D eigenvalue weighted by atomic mass is 9.43. The molecule has 0 heterocycles. The highest BCUT2D eigenvalue weighted by atomic mass is 32.1. The maximum Gasteiger partial charge on any atom is 0.312 e. The monoisotopic (exact) mass is 575 g/mol. The second kappa shape index (κ2) is 15.5. The van der Waals surface area contributed by atoms with E-state index >= 15 is 0 Å². The second-order valence-corrected chi connectivity index (χ2v) is 15.9. The Morgan fingerprint density at radius 1 is 0.825 bits per heavy atom. The van der Waals surface area contributed by atoms with Gasteiger partial charge in [0.05, 0.1) is 12.0 Å². The first-order chi connectivity index (χ1) is 18.4. The van der Waals surface area contributed by atoms with E-state index < -0.39 is 5.41 Å². The minimum atomic E-state index is -0.697.